The fourth-order valence-corrected chi connectivity index (χ4v) is 2.35. The number of hydrogen-bond donors (Lipinski definition) is 2. The fraction of sp³-hybridized carbons (Fsp3) is 0.500. The monoisotopic (exact) mass is 302 g/mol. The zero-order valence-corrected chi connectivity index (χ0v) is 15.1. The first kappa shape index (κ1) is 20.2. The summed E-state index contributed by atoms with van der Waals surface area (Å²) in [5.74, 6) is -2.08. The molecule has 0 atom stereocenters. The molecule has 1 rings (SSSR count). The number of unbranched alkanes of at least 4 members (excludes halogenated alkanes) is 2. The molecule has 0 aliphatic heterocycles. The molecule has 0 aromatic heterocycles. The topological polar surface area (TPSA) is 74.6 Å². The molecule has 0 saturated heterocycles. The predicted molar refractivity (Wildman–Crippen MR) is 78.7 cm³/mol. The molecule has 0 aliphatic carbocycles. The molecule has 0 bridgehead atoms. The van der Waals surface area contributed by atoms with Gasteiger partial charge in [0, 0.05) is 0 Å². The standard InChI is InChI=1S/C16H22O4.Na.H/c1-3-5-7-11-9-10-13(15(17)18)12(8-6-4-2)14(11)16(19)20;;/h9-10H,3-8H2,1-2H3,(H,17,18)(H,19,20);;/q;+1;-1. The molecule has 0 spiro atoms. The number of rotatable bonds is 8. The molecule has 0 aliphatic rings. The predicted octanol–water partition coefficient (Wildman–Crippen LogP) is 0.885. The van der Waals surface area contributed by atoms with Crippen molar-refractivity contribution < 1.29 is 50.8 Å². The molecule has 0 amide bonds. The van der Waals surface area contributed by atoms with Gasteiger partial charge in [-0.1, -0.05) is 32.8 Å². The van der Waals surface area contributed by atoms with Gasteiger partial charge in [-0.3, -0.25) is 0 Å². The number of benzene rings is 1. The number of hydrogen-bond acceptors (Lipinski definition) is 2. The zero-order chi connectivity index (χ0) is 15.1. The Balaban J connectivity index is 0. The molecule has 1 aromatic rings. The van der Waals surface area contributed by atoms with Crippen molar-refractivity contribution >= 4 is 11.9 Å². The second-order valence-electron chi connectivity index (χ2n) is 4.94. The van der Waals surface area contributed by atoms with Gasteiger partial charge in [-0.05, 0) is 42.9 Å². The van der Waals surface area contributed by atoms with Crippen molar-refractivity contribution in [1.82, 2.24) is 0 Å². The Labute approximate surface area is 149 Å². The van der Waals surface area contributed by atoms with Gasteiger partial charge < -0.3 is 11.6 Å². The van der Waals surface area contributed by atoms with Crippen molar-refractivity contribution in [1.29, 1.82) is 0 Å². The summed E-state index contributed by atoms with van der Waals surface area (Å²) in [5.41, 5.74) is 1.54. The molecular weight excluding hydrogens is 279 g/mol. The van der Waals surface area contributed by atoms with Crippen LogP contribution in [0.25, 0.3) is 0 Å². The van der Waals surface area contributed by atoms with E-state index in [0.29, 0.717) is 18.4 Å². The summed E-state index contributed by atoms with van der Waals surface area (Å²) in [6, 6.07) is 3.20. The number of carboxylic acid groups (broad SMARTS) is 2. The summed E-state index contributed by atoms with van der Waals surface area (Å²) in [4.78, 5) is 22.8. The molecule has 4 nitrogen and oxygen atoms in total. The third kappa shape index (κ3) is 5.46. The molecule has 2 N–H and O–H groups in total. The summed E-state index contributed by atoms with van der Waals surface area (Å²) in [6.45, 7) is 4.05. The molecule has 0 saturated carbocycles. The van der Waals surface area contributed by atoms with Gasteiger partial charge >= 0.3 is 41.5 Å². The number of carbonyl (C=O) groups is 2. The number of aromatic carboxylic acids is 2. The van der Waals surface area contributed by atoms with Crippen LogP contribution in [0.15, 0.2) is 12.1 Å². The van der Waals surface area contributed by atoms with Gasteiger partial charge in [0.1, 0.15) is 0 Å². The van der Waals surface area contributed by atoms with Gasteiger partial charge in [0.05, 0.1) is 11.1 Å². The van der Waals surface area contributed by atoms with Gasteiger partial charge in [-0.2, -0.15) is 0 Å². The van der Waals surface area contributed by atoms with Crippen molar-refractivity contribution in [3.8, 4) is 0 Å². The normalized spacial score (nSPS) is 10.0. The van der Waals surface area contributed by atoms with Crippen LogP contribution in [0.4, 0.5) is 0 Å². The molecule has 5 heteroatoms. The molecule has 0 heterocycles. The van der Waals surface area contributed by atoms with Gasteiger partial charge in [0.2, 0.25) is 0 Å². The van der Waals surface area contributed by atoms with E-state index in [1.807, 2.05) is 13.8 Å². The first-order valence-electron chi connectivity index (χ1n) is 7.14. The first-order valence-corrected chi connectivity index (χ1v) is 7.14. The van der Waals surface area contributed by atoms with Crippen LogP contribution in [0.2, 0.25) is 0 Å². The molecule has 21 heavy (non-hydrogen) atoms. The number of aryl methyl sites for hydroxylation is 1. The van der Waals surface area contributed by atoms with E-state index in [9.17, 15) is 19.8 Å². The van der Waals surface area contributed by atoms with E-state index in [1.54, 1.807) is 12.1 Å². The maximum atomic E-state index is 11.6. The zero-order valence-electron chi connectivity index (χ0n) is 14.1. The largest absolute Gasteiger partial charge is 1.00 e. The van der Waals surface area contributed by atoms with Gasteiger partial charge in [-0.15, -0.1) is 0 Å². The van der Waals surface area contributed by atoms with Crippen molar-refractivity contribution in [3.63, 3.8) is 0 Å². The summed E-state index contributed by atoms with van der Waals surface area (Å²) >= 11 is 0. The third-order valence-corrected chi connectivity index (χ3v) is 3.42. The van der Waals surface area contributed by atoms with E-state index in [-0.39, 0.29) is 42.1 Å². The Kier molecular flexibility index (Phi) is 9.58. The van der Waals surface area contributed by atoms with E-state index < -0.39 is 11.9 Å². The van der Waals surface area contributed by atoms with E-state index in [0.717, 1.165) is 31.2 Å². The SMILES string of the molecule is CCCCc1ccc(C(=O)O)c(CCCC)c1C(=O)O.[H-].[Na+]. The van der Waals surface area contributed by atoms with Crippen LogP contribution in [0, 0.1) is 0 Å². The fourth-order valence-electron chi connectivity index (χ4n) is 2.35. The maximum absolute atomic E-state index is 11.6. The Morgan fingerprint density at radius 2 is 1.57 bits per heavy atom. The van der Waals surface area contributed by atoms with Crippen LogP contribution >= 0.6 is 0 Å². The molecular formula is C16H23NaO4. The molecule has 0 fully saturated rings. The Bertz CT molecular complexity index is 503. The Morgan fingerprint density at radius 3 is 2.05 bits per heavy atom. The van der Waals surface area contributed by atoms with Gasteiger partial charge in [-0.25, -0.2) is 9.59 Å². The van der Waals surface area contributed by atoms with Crippen LogP contribution in [0.5, 0.6) is 0 Å². The van der Waals surface area contributed by atoms with Crippen LogP contribution in [0.1, 0.15) is 72.8 Å². The maximum Gasteiger partial charge on any atom is 1.00 e. The summed E-state index contributed by atoms with van der Waals surface area (Å²) in [7, 11) is 0. The molecule has 1 aromatic carbocycles. The van der Waals surface area contributed by atoms with Crippen molar-refractivity contribution in [2.45, 2.75) is 52.4 Å². The number of carboxylic acids is 2. The van der Waals surface area contributed by atoms with E-state index in [2.05, 4.69) is 0 Å². The average molecular weight is 302 g/mol. The minimum absolute atomic E-state index is 0. The third-order valence-electron chi connectivity index (χ3n) is 3.42. The van der Waals surface area contributed by atoms with Crippen LogP contribution in [-0.2, 0) is 12.8 Å². The summed E-state index contributed by atoms with van der Waals surface area (Å²) < 4.78 is 0. The second-order valence-corrected chi connectivity index (χ2v) is 4.94. The molecule has 0 radical (unpaired) electrons. The van der Waals surface area contributed by atoms with Crippen molar-refractivity contribution in [3.05, 3.63) is 34.4 Å². The summed E-state index contributed by atoms with van der Waals surface area (Å²) in [5, 5.41) is 18.7. The van der Waals surface area contributed by atoms with E-state index >= 15 is 0 Å². The van der Waals surface area contributed by atoms with Crippen LogP contribution in [0.3, 0.4) is 0 Å². The summed E-state index contributed by atoms with van der Waals surface area (Å²) in [6.07, 6.45) is 4.75. The van der Waals surface area contributed by atoms with Crippen LogP contribution < -0.4 is 29.6 Å². The first-order chi connectivity index (χ1) is 9.52. The Hall–Kier alpha value is -0.840. The quantitative estimate of drug-likeness (QED) is 0.699. The molecule has 112 valence electrons. The second kappa shape index (κ2) is 9.98. The molecule has 0 unspecified atom stereocenters. The van der Waals surface area contributed by atoms with E-state index in [1.165, 1.54) is 0 Å². The van der Waals surface area contributed by atoms with E-state index in [4.69, 9.17) is 0 Å². The smallest absolute Gasteiger partial charge is 1.00 e. The van der Waals surface area contributed by atoms with Gasteiger partial charge in [0.15, 0.2) is 0 Å². The van der Waals surface area contributed by atoms with Crippen LogP contribution in [-0.4, -0.2) is 22.2 Å². The average Bonchev–Trinajstić information content (AvgIpc) is 2.41. The van der Waals surface area contributed by atoms with Crippen molar-refractivity contribution in [2.24, 2.45) is 0 Å². The minimum atomic E-state index is -1.05. The van der Waals surface area contributed by atoms with Crippen molar-refractivity contribution in [2.75, 3.05) is 0 Å². The Morgan fingerprint density at radius 1 is 1.00 bits per heavy atom. The minimum Gasteiger partial charge on any atom is -1.00 e. The van der Waals surface area contributed by atoms with Gasteiger partial charge in [0.25, 0.3) is 0 Å².